The minimum Gasteiger partial charge on any atom is -0.356 e. The van der Waals surface area contributed by atoms with Gasteiger partial charge < -0.3 is 21.7 Å². The number of aromatic nitrogens is 1. The third-order valence-corrected chi connectivity index (χ3v) is 4.91. The van der Waals surface area contributed by atoms with Crippen molar-refractivity contribution in [3.63, 3.8) is 0 Å². The first-order chi connectivity index (χ1) is 13.5. The Morgan fingerprint density at radius 3 is 2.54 bits per heavy atom. The van der Waals surface area contributed by atoms with Crippen LogP contribution in [0.4, 0.5) is 11.4 Å². The normalized spacial score (nSPS) is 11.5. The Hall–Kier alpha value is -2.81. The highest BCUT2D eigenvalue weighted by molar-refractivity contribution is 7.80. The summed E-state index contributed by atoms with van der Waals surface area (Å²) in [4.78, 5) is 16.0. The maximum absolute atomic E-state index is 12.0. The molecule has 3 rings (SSSR count). The highest BCUT2D eigenvalue weighted by Crippen LogP contribution is 2.17. The number of nitrogens with two attached hydrogens (primary N) is 1. The number of nitrogens with one attached hydrogen (secondary N) is 3. The van der Waals surface area contributed by atoms with Gasteiger partial charge in [0.1, 0.15) is 5.69 Å². The van der Waals surface area contributed by atoms with E-state index < -0.39 is 0 Å². The summed E-state index contributed by atoms with van der Waals surface area (Å²) < 4.78 is 0. The number of benzene rings is 2. The molecule has 1 amide bonds. The molecule has 0 radical (unpaired) electrons. The Morgan fingerprint density at radius 2 is 1.89 bits per heavy atom. The van der Waals surface area contributed by atoms with Gasteiger partial charge in [-0.05, 0) is 54.5 Å². The van der Waals surface area contributed by atoms with Crippen molar-refractivity contribution in [3.8, 4) is 0 Å². The van der Waals surface area contributed by atoms with Crippen molar-refractivity contribution in [1.29, 1.82) is 0 Å². The summed E-state index contributed by atoms with van der Waals surface area (Å²) in [6, 6.07) is 15.5. The van der Waals surface area contributed by atoms with Crippen LogP contribution < -0.4 is 21.7 Å². The number of hydrogen-bond donors (Lipinski definition) is 4. The lowest BCUT2D eigenvalue weighted by molar-refractivity contribution is 0.102. The molecule has 1 unspecified atom stereocenters. The Balaban J connectivity index is 1.54. The minimum absolute atomic E-state index is 0.0446. The molecule has 3 aromatic rings. The van der Waals surface area contributed by atoms with Gasteiger partial charge in [-0.2, -0.15) is 0 Å². The third kappa shape index (κ3) is 5.35. The minimum atomic E-state index is -0.229. The molecule has 1 heterocycles. The molecule has 0 aliphatic carbocycles. The number of nitrogens with zero attached hydrogens (tertiary/aromatic N) is 1. The van der Waals surface area contributed by atoms with E-state index in [0.717, 1.165) is 16.8 Å². The third-order valence-electron chi connectivity index (χ3n) is 4.10. The number of thiocarbonyl (C=S) groups is 1. The van der Waals surface area contributed by atoms with Gasteiger partial charge in [-0.15, -0.1) is 11.3 Å². The number of amides is 1. The fraction of sp³-hybridized carbons (Fsp3) is 0.150. The zero-order valence-electron chi connectivity index (χ0n) is 15.3. The van der Waals surface area contributed by atoms with Crippen LogP contribution in [-0.4, -0.2) is 16.0 Å². The van der Waals surface area contributed by atoms with E-state index in [4.69, 9.17) is 18.0 Å². The van der Waals surface area contributed by atoms with E-state index in [-0.39, 0.29) is 11.9 Å². The van der Waals surface area contributed by atoms with Gasteiger partial charge in [-0.25, -0.2) is 4.98 Å². The summed E-state index contributed by atoms with van der Waals surface area (Å²) in [6.07, 6.45) is 0. The Bertz CT molecular complexity index is 941. The van der Waals surface area contributed by atoms with Gasteiger partial charge in [0.15, 0.2) is 5.11 Å². The van der Waals surface area contributed by atoms with Crippen LogP contribution >= 0.6 is 23.6 Å². The summed E-state index contributed by atoms with van der Waals surface area (Å²) in [5, 5.41) is 11.5. The number of carbonyl (C=O) groups excluding carboxylic acids is 1. The van der Waals surface area contributed by atoms with Gasteiger partial charge in [0.2, 0.25) is 0 Å². The van der Waals surface area contributed by atoms with Gasteiger partial charge in [0.25, 0.3) is 5.91 Å². The van der Waals surface area contributed by atoms with Gasteiger partial charge >= 0.3 is 0 Å². The molecule has 28 heavy (non-hydrogen) atoms. The van der Waals surface area contributed by atoms with Crippen LogP contribution in [0.25, 0.3) is 0 Å². The van der Waals surface area contributed by atoms with Crippen LogP contribution in [-0.2, 0) is 6.54 Å². The maximum Gasteiger partial charge on any atom is 0.275 e. The second-order valence-corrected chi connectivity index (χ2v) is 7.30. The SMILES string of the molecule is CC(NC(=S)Nc1ccc(NC(=O)c2cscn2)cc1)c1cccc(CN)c1. The molecule has 2 aromatic carbocycles. The van der Waals surface area contributed by atoms with Crippen molar-refractivity contribution in [1.82, 2.24) is 10.3 Å². The van der Waals surface area contributed by atoms with Crippen molar-refractivity contribution in [3.05, 3.63) is 76.2 Å². The number of carbonyl (C=O) groups is 1. The first-order valence-electron chi connectivity index (χ1n) is 8.71. The van der Waals surface area contributed by atoms with E-state index in [0.29, 0.717) is 23.0 Å². The summed E-state index contributed by atoms with van der Waals surface area (Å²) in [5.74, 6) is -0.229. The second-order valence-electron chi connectivity index (χ2n) is 6.17. The van der Waals surface area contributed by atoms with Crippen molar-refractivity contribution in [2.24, 2.45) is 5.73 Å². The smallest absolute Gasteiger partial charge is 0.275 e. The molecule has 0 aliphatic rings. The quantitative estimate of drug-likeness (QED) is 0.460. The highest BCUT2D eigenvalue weighted by atomic mass is 32.1. The summed E-state index contributed by atoms with van der Waals surface area (Å²) in [6.45, 7) is 2.55. The van der Waals surface area contributed by atoms with Crippen LogP contribution in [0.3, 0.4) is 0 Å². The Morgan fingerprint density at radius 1 is 1.18 bits per heavy atom. The van der Waals surface area contributed by atoms with E-state index in [1.165, 1.54) is 11.3 Å². The zero-order chi connectivity index (χ0) is 19.9. The molecular weight excluding hydrogens is 390 g/mol. The van der Waals surface area contributed by atoms with Crippen molar-refractivity contribution in [2.75, 3.05) is 10.6 Å². The highest BCUT2D eigenvalue weighted by Gasteiger charge is 2.09. The first-order valence-corrected chi connectivity index (χ1v) is 10.1. The molecule has 0 aliphatic heterocycles. The molecule has 0 fully saturated rings. The molecule has 0 saturated heterocycles. The molecule has 5 N–H and O–H groups in total. The maximum atomic E-state index is 12.0. The largest absolute Gasteiger partial charge is 0.356 e. The molecule has 0 bridgehead atoms. The van der Waals surface area contributed by atoms with Crippen LogP contribution in [0.1, 0.15) is 34.6 Å². The Labute approximate surface area is 173 Å². The summed E-state index contributed by atoms with van der Waals surface area (Å²) in [5.41, 5.74) is 11.5. The van der Waals surface area contributed by atoms with Crippen molar-refractivity contribution in [2.45, 2.75) is 19.5 Å². The Kier molecular flexibility index (Phi) is 6.70. The number of thiazole rings is 1. The average Bonchev–Trinajstić information content (AvgIpc) is 3.24. The van der Waals surface area contributed by atoms with E-state index >= 15 is 0 Å². The van der Waals surface area contributed by atoms with Crippen LogP contribution in [0.2, 0.25) is 0 Å². The number of anilines is 2. The van der Waals surface area contributed by atoms with Gasteiger partial charge in [0.05, 0.1) is 11.6 Å². The fourth-order valence-electron chi connectivity index (χ4n) is 2.59. The summed E-state index contributed by atoms with van der Waals surface area (Å²) >= 11 is 6.79. The molecule has 8 heteroatoms. The van der Waals surface area contributed by atoms with Crippen LogP contribution in [0.5, 0.6) is 0 Å². The van der Waals surface area contributed by atoms with E-state index in [9.17, 15) is 4.79 Å². The van der Waals surface area contributed by atoms with Crippen LogP contribution in [0, 0.1) is 0 Å². The molecule has 0 spiro atoms. The van der Waals surface area contributed by atoms with E-state index in [1.54, 1.807) is 10.9 Å². The number of hydrogen-bond acceptors (Lipinski definition) is 5. The lowest BCUT2D eigenvalue weighted by Gasteiger charge is -2.18. The average molecular weight is 412 g/mol. The van der Waals surface area contributed by atoms with E-state index in [1.807, 2.05) is 49.4 Å². The molecule has 144 valence electrons. The molecule has 6 nitrogen and oxygen atoms in total. The van der Waals surface area contributed by atoms with E-state index in [2.05, 4.69) is 27.0 Å². The van der Waals surface area contributed by atoms with Gasteiger partial charge in [-0.3, -0.25) is 4.79 Å². The van der Waals surface area contributed by atoms with Crippen molar-refractivity contribution < 1.29 is 4.79 Å². The molecular formula is C20H21N5OS2. The van der Waals surface area contributed by atoms with Gasteiger partial charge in [-0.1, -0.05) is 24.3 Å². The first kappa shape index (κ1) is 19.9. The number of rotatable bonds is 6. The van der Waals surface area contributed by atoms with Crippen molar-refractivity contribution >= 4 is 45.9 Å². The monoisotopic (exact) mass is 411 g/mol. The topological polar surface area (TPSA) is 92.1 Å². The van der Waals surface area contributed by atoms with Crippen LogP contribution in [0.15, 0.2) is 59.4 Å². The summed E-state index contributed by atoms with van der Waals surface area (Å²) in [7, 11) is 0. The lowest BCUT2D eigenvalue weighted by atomic mass is 10.1. The fourth-order valence-corrected chi connectivity index (χ4v) is 3.42. The zero-order valence-corrected chi connectivity index (χ0v) is 16.9. The lowest BCUT2D eigenvalue weighted by Crippen LogP contribution is -2.30. The second kappa shape index (κ2) is 9.41. The van der Waals surface area contributed by atoms with Gasteiger partial charge in [0, 0.05) is 23.3 Å². The molecule has 1 atom stereocenters. The predicted molar refractivity (Wildman–Crippen MR) is 119 cm³/mol. The standard InChI is InChI=1S/C20H21N5OS2/c1-13(15-4-2-3-14(9-15)10-21)23-20(27)25-17-7-5-16(6-8-17)24-19(26)18-11-28-12-22-18/h2-9,11-13H,10,21H2,1H3,(H,24,26)(H2,23,25,27). The molecule has 0 saturated carbocycles. The predicted octanol–water partition coefficient (Wildman–Crippen LogP) is 3.90. The molecule has 1 aromatic heterocycles.